The Morgan fingerprint density at radius 1 is 1.17 bits per heavy atom. The molecule has 1 aliphatic rings. The Morgan fingerprint density at radius 2 is 1.90 bits per heavy atom. The molecule has 0 spiro atoms. The molecule has 0 unspecified atom stereocenters. The Balaban J connectivity index is 2.02. The van der Waals surface area contributed by atoms with Gasteiger partial charge in [0, 0.05) is 18.3 Å². The Hall–Kier alpha value is -3.19. The summed E-state index contributed by atoms with van der Waals surface area (Å²) in [5.41, 5.74) is 1.06. The number of aliphatic hydroxyl groups is 1. The topological polar surface area (TPSA) is 83.0 Å². The smallest absolute Gasteiger partial charge is 0.295 e. The number of benzene rings is 1. The lowest BCUT2D eigenvalue weighted by atomic mass is 9.98. The van der Waals surface area contributed by atoms with Gasteiger partial charge in [0.05, 0.1) is 17.9 Å². The predicted octanol–water partition coefficient (Wildman–Crippen LogP) is 2.85. The van der Waals surface area contributed by atoms with Gasteiger partial charge in [-0.25, -0.2) is 0 Å². The van der Waals surface area contributed by atoms with Crippen molar-refractivity contribution in [2.24, 2.45) is 0 Å². The fourth-order valence-corrected chi connectivity index (χ4v) is 3.54. The third-order valence-electron chi connectivity index (χ3n) is 4.95. The number of hydrogen-bond acceptors (Lipinski definition) is 6. The van der Waals surface area contributed by atoms with Gasteiger partial charge in [-0.1, -0.05) is 6.07 Å². The molecule has 0 saturated carbocycles. The van der Waals surface area contributed by atoms with Crippen LogP contribution in [0.15, 0.2) is 54.2 Å². The molecule has 30 heavy (non-hydrogen) atoms. The number of carbonyl (C=O) groups excluding carboxylic acids is 2. The molecule has 0 aliphatic carbocycles. The van der Waals surface area contributed by atoms with Crippen LogP contribution in [0.1, 0.15) is 30.6 Å². The zero-order valence-electron chi connectivity index (χ0n) is 17.5. The Kier molecular flexibility index (Phi) is 6.84. The monoisotopic (exact) mass is 409 g/mol. The number of rotatable bonds is 8. The summed E-state index contributed by atoms with van der Waals surface area (Å²) in [6.07, 6.45) is 2.32. The second-order valence-electron chi connectivity index (χ2n) is 7.36. The summed E-state index contributed by atoms with van der Waals surface area (Å²) < 4.78 is 5.43. The van der Waals surface area contributed by atoms with Gasteiger partial charge in [-0.3, -0.25) is 14.6 Å². The molecule has 2 aromatic rings. The maximum atomic E-state index is 12.9. The highest BCUT2D eigenvalue weighted by Crippen LogP contribution is 2.38. The lowest BCUT2D eigenvalue weighted by Crippen LogP contribution is -2.32. The van der Waals surface area contributed by atoms with Crippen LogP contribution < -0.4 is 4.74 Å². The van der Waals surface area contributed by atoms with Crippen LogP contribution in [0.2, 0.25) is 0 Å². The van der Waals surface area contributed by atoms with Crippen LogP contribution in [0.25, 0.3) is 5.76 Å². The number of ether oxygens (including phenoxy) is 1. The van der Waals surface area contributed by atoms with Crippen LogP contribution in [-0.4, -0.2) is 65.4 Å². The molecule has 1 aromatic carbocycles. The molecule has 0 radical (unpaired) electrons. The van der Waals surface area contributed by atoms with Gasteiger partial charge in [0.2, 0.25) is 0 Å². The van der Waals surface area contributed by atoms with Gasteiger partial charge in [-0.2, -0.15) is 0 Å². The Labute approximate surface area is 176 Å². The molecule has 3 rings (SSSR count). The van der Waals surface area contributed by atoms with E-state index in [1.807, 2.05) is 25.9 Å². The second kappa shape index (κ2) is 9.54. The third-order valence-corrected chi connectivity index (χ3v) is 4.95. The van der Waals surface area contributed by atoms with Crippen molar-refractivity contribution < 1.29 is 19.4 Å². The molecule has 1 atom stereocenters. The van der Waals surface area contributed by atoms with E-state index in [1.165, 1.54) is 4.90 Å². The fraction of sp³-hybridized carbons (Fsp3) is 0.348. The molecule has 1 fully saturated rings. The number of nitrogens with zero attached hydrogens (tertiary/aromatic N) is 3. The minimum atomic E-state index is -0.722. The molecule has 0 bridgehead atoms. The number of aliphatic hydroxyl groups excluding tert-OH is 1. The van der Waals surface area contributed by atoms with Crippen LogP contribution in [0.4, 0.5) is 0 Å². The highest BCUT2D eigenvalue weighted by Gasteiger charge is 2.46. The second-order valence-corrected chi connectivity index (χ2v) is 7.36. The average Bonchev–Trinajstić information content (AvgIpc) is 2.99. The Bertz CT molecular complexity index is 923. The van der Waals surface area contributed by atoms with E-state index >= 15 is 0 Å². The number of ketones is 1. The van der Waals surface area contributed by atoms with Crippen molar-refractivity contribution in [3.8, 4) is 5.75 Å². The van der Waals surface area contributed by atoms with Crippen molar-refractivity contribution in [3.63, 3.8) is 0 Å². The first-order valence-electron chi connectivity index (χ1n) is 10.0. The quantitative estimate of drug-likeness (QED) is 0.410. The minimum absolute atomic E-state index is 0.0627. The van der Waals surface area contributed by atoms with E-state index in [4.69, 9.17) is 4.74 Å². The van der Waals surface area contributed by atoms with E-state index in [0.717, 1.165) is 6.54 Å². The zero-order chi connectivity index (χ0) is 21.7. The molecule has 1 aromatic heterocycles. The van der Waals surface area contributed by atoms with E-state index in [-0.39, 0.29) is 11.3 Å². The summed E-state index contributed by atoms with van der Waals surface area (Å²) in [5.74, 6) is -0.847. The molecule has 1 N–H and O–H groups in total. The van der Waals surface area contributed by atoms with Gasteiger partial charge in [-0.05, 0) is 70.4 Å². The summed E-state index contributed by atoms with van der Waals surface area (Å²) in [6.45, 7) is 3.59. The summed E-state index contributed by atoms with van der Waals surface area (Å²) >= 11 is 0. The highest BCUT2D eigenvalue weighted by atomic mass is 16.5. The van der Waals surface area contributed by atoms with Crippen molar-refractivity contribution in [2.75, 3.05) is 33.8 Å². The first kappa shape index (κ1) is 21.5. The first-order valence-corrected chi connectivity index (χ1v) is 10.0. The van der Waals surface area contributed by atoms with E-state index in [1.54, 1.807) is 48.7 Å². The lowest BCUT2D eigenvalue weighted by molar-refractivity contribution is -0.140. The number of pyridine rings is 1. The molecule has 1 amide bonds. The molecule has 158 valence electrons. The highest BCUT2D eigenvalue weighted by molar-refractivity contribution is 6.46. The van der Waals surface area contributed by atoms with Crippen molar-refractivity contribution in [3.05, 3.63) is 65.5 Å². The first-order chi connectivity index (χ1) is 14.4. The SMILES string of the molecule is CCOc1ccc(/C(O)=C2\C(=O)C(=O)N(CCCN(C)C)[C@@H]2c2ccccn2)cc1. The zero-order valence-corrected chi connectivity index (χ0v) is 17.5. The van der Waals surface area contributed by atoms with Crippen LogP contribution in [0.5, 0.6) is 5.75 Å². The maximum Gasteiger partial charge on any atom is 0.295 e. The van der Waals surface area contributed by atoms with Crippen LogP contribution in [0, 0.1) is 0 Å². The van der Waals surface area contributed by atoms with Gasteiger partial charge in [0.25, 0.3) is 11.7 Å². The lowest BCUT2D eigenvalue weighted by Gasteiger charge is -2.25. The number of hydrogen-bond donors (Lipinski definition) is 1. The van der Waals surface area contributed by atoms with Crippen molar-refractivity contribution in [2.45, 2.75) is 19.4 Å². The van der Waals surface area contributed by atoms with Crippen molar-refractivity contribution >= 4 is 17.4 Å². The third kappa shape index (κ3) is 4.52. The van der Waals surface area contributed by atoms with Gasteiger partial charge in [-0.15, -0.1) is 0 Å². The Morgan fingerprint density at radius 3 is 2.50 bits per heavy atom. The van der Waals surface area contributed by atoms with E-state index in [0.29, 0.717) is 36.6 Å². The molecule has 7 nitrogen and oxygen atoms in total. The molecule has 7 heteroatoms. The van der Waals surface area contributed by atoms with E-state index in [2.05, 4.69) is 4.98 Å². The predicted molar refractivity (Wildman–Crippen MR) is 114 cm³/mol. The summed E-state index contributed by atoms with van der Waals surface area (Å²) in [7, 11) is 3.91. The van der Waals surface area contributed by atoms with Crippen molar-refractivity contribution in [1.82, 2.24) is 14.8 Å². The molecular weight excluding hydrogens is 382 g/mol. The summed E-state index contributed by atoms with van der Waals surface area (Å²) in [4.78, 5) is 33.6. The summed E-state index contributed by atoms with van der Waals surface area (Å²) in [5, 5.41) is 11.0. The molecule has 2 heterocycles. The molecule has 1 saturated heterocycles. The summed E-state index contributed by atoms with van der Waals surface area (Å²) in [6, 6.07) is 11.4. The minimum Gasteiger partial charge on any atom is -0.507 e. The number of aromatic nitrogens is 1. The van der Waals surface area contributed by atoms with Gasteiger partial charge < -0.3 is 19.6 Å². The normalized spacial score (nSPS) is 18.3. The molecule has 1 aliphatic heterocycles. The number of Topliss-reactive ketones (excluding diaryl/α,β-unsaturated/α-hetero) is 1. The van der Waals surface area contributed by atoms with Crippen LogP contribution in [-0.2, 0) is 9.59 Å². The van der Waals surface area contributed by atoms with Crippen LogP contribution >= 0.6 is 0 Å². The van der Waals surface area contributed by atoms with E-state index < -0.39 is 17.7 Å². The van der Waals surface area contributed by atoms with Gasteiger partial charge >= 0.3 is 0 Å². The standard InChI is InChI=1S/C23H27N3O4/c1-4-30-17-11-9-16(10-12-17)21(27)19-20(18-8-5-6-13-24-18)26(23(29)22(19)28)15-7-14-25(2)3/h5-6,8-13,20,27H,4,7,14-15H2,1-3H3/b21-19+/t20-/m1/s1. The van der Waals surface area contributed by atoms with E-state index in [9.17, 15) is 14.7 Å². The largest absolute Gasteiger partial charge is 0.507 e. The van der Waals surface area contributed by atoms with Crippen molar-refractivity contribution in [1.29, 1.82) is 0 Å². The average molecular weight is 409 g/mol. The van der Waals surface area contributed by atoms with Gasteiger partial charge in [0.15, 0.2) is 0 Å². The number of carbonyl (C=O) groups is 2. The maximum absolute atomic E-state index is 12.9. The number of amides is 1. The van der Waals surface area contributed by atoms with Crippen LogP contribution in [0.3, 0.4) is 0 Å². The fourth-order valence-electron chi connectivity index (χ4n) is 3.54. The van der Waals surface area contributed by atoms with Gasteiger partial charge in [0.1, 0.15) is 17.6 Å². The molecular formula is C23H27N3O4. The number of likely N-dealkylation sites (tertiary alicyclic amines) is 1.